The maximum absolute atomic E-state index is 12.0. The summed E-state index contributed by atoms with van der Waals surface area (Å²) < 4.78 is 5.32. The van der Waals surface area contributed by atoms with Gasteiger partial charge in [0.25, 0.3) is 0 Å². The van der Waals surface area contributed by atoms with Gasteiger partial charge in [0, 0.05) is 44.5 Å². The van der Waals surface area contributed by atoms with E-state index in [1.807, 2.05) is 19.1 Å². The number of aryl methyl sites for hydroxylation is 1. The van der Waals surface area contributed by atoms with Crippen molar-refractivity contribution in [2.45, 2.75) is 25.9 Å². The summed E-state index contributed by atoms with van der Waals surface area (Å²) in [5.74, 6) is 0.0405. The largest absolute Gasteiger partial charge is 0.399 e. The minimum atomic E-state index is 0.0405. The molecule has 0 bridgehead atoms. The Morgan fingerprint density at radius 2 is 2.35 bits per heavy atom. The molecule has 1 atom stereocenters. The molecule has 1 saturated heterocycles. The molecule has 1 aliphatic heterocycles. The molecule has 2 rings (SSSR count). The van der Waals surface area contributed by atoms with Gasteiger partial charge in [-0.2, -0.15) is 0 Å². The highest BCUT2D eigenvalue weighted by Crippen LogP contribution is 2.18. The highest BCUT2D eigenvalue weighted by molar-refractivity contribution is 5.91. The number of methoxy groups -OCH3 is 1. The highest BCUT2D eigenvalue weighted by Gasteiger charge is 2.22. The van der Waals surface area contributed by atoms with Crippen LogP contribution < -0.4 is 11.1 Å². The Kier molecular flexibility index (Phi) is 4.98. The van der Waals surface area contributed by atoms with E-state index in [1.165, 1.54) is 0 Å². The predicted molar refractivity (Wildman–Crippen MR) is 80.7 cm³/mol. The number of carbonyl (C=O) groups is 1. The van der Waals surface area contributed by atoms with Gasteiger partial charge in [-0.1, -0.05) is 0 Å². The van der Waals surface area contributed by atoms with Crippen LogP contribution in [0.2, 0.25) is 0 Å². The third-order valence-corrected chi connectivity index (χ3v) is 3.74. The van der Waals surface area contributed by atoms with Crippen molar-refractivity contribution in [3.05, 3.63) is 23.8 Å². The lowest BCUT2D eigenvalue weighted by Crippen LogP contribution is -2.27. The number of benzene rings is 1. The monoisotopic (exact) mass is 277 g/mol. The predicted octanol–water partition coefficient (Wildman–Crippen LogP) is 1.63. The lowest BCUT2D eigenvalue weighted by Gasteiger charge is -2.15. The van der Waals surface area contributed by atoms with E-state index < -0.39 is 0 Å². The molecule has 1 fully saturated rings. The summed E-state index contributed by atoms with van der Waals surface area (Å²) in [5.41, 5.74) is 8.22. The molecular formula is C15H23N3O2. The topological polar surface area (TPSA) is 67.6 Å². The van der Waals surface area contributed by atoms with Crippen molar-refractivity contribution in [1.82, 2.24) is 4.90 Å². The maximum atomic E-state index is 12.0. The Labute approximate surface area is 120 Å². The molecule has 3 N–H and O–H groups in total. The molecule has 0 radical (unpaired) electrons. The van der Waals surface area contributed by atoms with Gasteiger partial charge in [-0.25, -0.2) is 0 Å². The number of rotatable bonds is 5. The third-order valence-electron chi connectivity index (χ3n) is 3.74. The average Bonchev–Trinajstić information content (AvgIpc) is 2.88. The Morgan fingerprint density at radius 1 is 1.55 bits per heavy atom. The fourth-order valence-electron chi connectivity index (χ4n) is 2.49. The molecule has 5 heteroatoms. The van der Waals surface area contributed by atoms with Gasteiger partial charge in [0.15, 0.2) is 0 Å². The van der Waals surface area contributed by atoms with Crippen LogP contribution in [0.1, 0.15) is 18.4 Å². The molecule has 1 aromatic rings. The lowest BCUT2D eigenvalue weighted by atomic mass is 10.2. The number of nitrogens with zero attached hydrogens (tertiary/aromatic N) is 1. The van der Waals surface area contributed by atoms with Crippen molar-refractivity contribution in [2.75, 3.05) is 37.8 Å². The van der Waals surface area contributed by atoms with Gasteiger partial charge in [0.05, 0.1) is 6.10 Å². The van der Waals surface area contributed by atoms with Crippen molar-refractivity contribution < 1.29 is 9.53 Å². The van der Waals surface area contributed by atoms with Gasteiger partial charge in [0.1, 0.15) is 0 Å². The van der Waals surface area contributed by atoms with Crippen molar-refractivity contribution >= 4 is 17.3 Å². The molecule has 0 aromatic heterocycles. The zero-order valence-corrected chi connectivity index (χ0v) is 12.2. The van der Waals surface area contributed by atoms with Crippen LogP contribution in [0.3, 0.4) is 0 Å². The highest BCUT2D eigenvalue weighted by atomic mass is 16.5. The Balaban J connectivity index is 1.78. The number of amides is 1. The second kappa shape index (κ2) is 6.72. The Morgan fingerprint density at radius 3 is 3.00 bits per heavy atom. The Bertz CT molecular complexity index is 476. The number of hydrogen-bond donors (Lipinski definition) is 2. The van der Waals surface area contributed by atoms with Crippen LogP contribution in [0, 0.1) is 6.92 Å². The summed E-state index contributed by atoms with van der Waals surface area (Å²) in [7, 11) is 1.74. The fraction of sp³-hybridized carbons (Fsp3) is 0.533. The first-order valence-electron chi connectivity index (χ1n) is 6.99. The summed E-state index contributed by atoms with van der Waals surface area (Å²) in [6, 6.07) is 5.50. The van der Waals surface area contributed by atoms with Crippen LogP contribution in [0.5, 0.6) is 0 Å². The SMILES string of the molecule is COC1CCN(CCC(=O)Nc2ccc(N)cc2C)C1. The number of hydrogen-bond acceptors (Lipinski definition) is 4. The van der Waals surface area contributed by atoms with E-state index >= 15 is 0 Å². The lowest BCUT2D eigenvalue weighted by molar-refractivity contribution is -0.116. The standard InChI is InChI=1S/C15H23N3O2/c1-11-9-12(16)3-4-14(11)17-15(19)6-8-18-7-5-13(10-18)20-2/h3-4,9,13H,5-8,10,16H2,1-2H3,(H,17,19). The van der Waals surface area contributed by atoms with Crippen molar-refractivity contribution in [2.24, 2.45) is 0 Å². The van der Waals surface area contributed by atoms with Crippen LogP contribution in [0.4, 0.5) is 11.4 Å². The zero-order chi connectivity index (χ0) is 14.5. The number of nitrogens with one attached hydrogen (secondary N) is 1. The summed E-state index contributed by atoms with van der Waals surface area (Å²) in [5, 5.41) is 2.93. The summed E-state index contributed by atoms with van der Waals surface area (Å²) >= 11 is 0. The average molecular weight is 277 g/mol. The molecule has 1 heterocycles. The van der Waals surface area contributed by atoms with E-state index in [9.17, 15) is 4.79 Å². The smallest absolute Gasteiger partial charge is 0.225 e. The van der Waals surface area contributed by atoms with E-state index in [1.54, 1.807) is 13.2 Å². The molecular weight excluding hydrogens is 254 g/mol. The van der Waals surface area contributed by atoms with Gasteiger partial charge >= 0.3 is 0 Å². The minimum absolute atomic E-state index is 0.0405. The molecule has 0 spiro atoms. The minimum Gasteiger partial charge on any atom is -0.399 e. The third kappa shape index (κ3) is 3.95. The number of nitrogen functional groups attached to an aromatic ring is 1. The second-order valence-electron chi connectivity index (χ2n) is 5.32. The van der Waals surface area contributed by atoms with Crippen molar-refractivity contribution in [3.8, 4) is 0 Å². The molecule has 20 heavy (non-hydrogen) atoms. The zero-order valence-electron chi connectivity index (χ0n) is 12.2. The van der Waals surface area contributed by atoms with Gasteiger partial charge in [-0.15, -0.1) is 0 Å². The van der Waals surface area contributed by atoms with Crippen molar-refractivity contribution in [3.63, 3.8) is 0 Å². The van der Waals surface area contributed by atoms with Crippen molar-refractivity contribution in [1.29, 1.82) is 0 Å². The first-order chi connectivity index (χ1) is 9.58. The summed E-state index contributed by atoms with van der Waals surface area (Å²) in [4.78, 5) is 14.2. The van der Waals surface area contributed by atoms with Gasteiger partial charge in [-0.05, 0) is 37.1 Å². The molecule has 1 aliphatic rings. The van der Waals surface area contributed by atoms with Gasteiger partial charge in [-0.3, -0.25) is 4.79 Å². The molecule has 1 amide bonds. The first-order valence-corrected chi connectivity index (χ1v) is 6.99. The molecule has 0 aliphatic carbocycles. The molecule has 1 unspecified atom stereocenters. The molecule has 5 nitrogen and oxygen atoms in total. The van der Waals surface area contributed by atoms with Crippen LogP contribution in [-0.2, 0) is 9.53 Å². The van der Waals surface area contributed by atoms with Gasteiger partial charge in [0.2, 0.25) is 5.91 Å². The van der Waals surface area contributed by atoms with E-state index in [0.717, 1.165) is 37.3 Å². The Hall–Kier alpha value is -1.59. The van der Waals surface area contributed by atoms with Gasteiger partial charge < -0.3 is 20.7 Å². The summed E-state index contributed by atoms with van der Waals surface area (Å²) in [6.07, 6.45) is 1.87. The van der Waals surface area contributed by atoms with Crippen LogP contribution in [0.25, 0.3) is 0 Å². The number of carbonyl (C=O) groups excluding carboxylic acids is 1. The number of likely N-dealkylation sites (tertiary alicyclic amines) is 1. The summed E-state index contributed by atoms with van der Waals surface area (Å²) in [6.45, 7) is 4.65. The molecule has 1 aromatic carbocycles. The van der Waals surface area contributed by atoms with E-state index in [-0.39, 0.29) is 5.91 Å². The second-order valence-corrected chi connectivity index (χ2v) is 5.32. The fourth-order valence-corrected chi connectivity index (χ4v) is 2.49. The normalized spacial score (nSPS) is 19.2. The maximum Gasteiger partial charge on any atom is 0.225 e. The van der Waals surface area contributed by atoms with Crippen LogP contribution in [-0.4, -0.2) is 43.7 Å². The van der Waals surface area contributed by atoms with Crippen LogP contribution in [0.15, 0.2) is 18.2 Å². The van der Waals surface area contributed by atoms with E-state index in [0.29, 0.717) is 18.2 Å². The molecule has 0 saturated carbocycles. The number of anilines is 2. The molecule has 110 valence electrons. The first kappa shape index (κ1) is 14.8. The van der Waals surface area contributed by atoms with Crippen LogP contribution >= 0.6 is 0 Å². The van der Waals surface area contributed by atoms with E-state index in [2.05, 4.69) is 10.2 Å². The van der Waals surface area contributed by atoms with E-state index in [4.69, 9.17) is 10.5 Å². The quantitative estimate of drug-likeness (QED) is 0.803. The number of nitrogens with two attached hydrogens (primary N) is 1. The number of ether oxygens (including phenoxy) is 1.